The molecule has 1 aromatic heterocycles. The van der Waals surface area contributed by atoms with Gasteiger partial charge in [0.05, 0.1) is 6.33 Å². The molecule has 0 aliphatic heterocycles. The lowest BCUT2D eigenvalue weighted by Gasteiger charge is -2.15. The fourth-order valence-corrected chi connectivity index (χ4v) is 2.82. The van der Waals surface area contributed by atoms with Gasteiger partial charge in [0.25, 0.3) is 0 Å². The summed E-state index contributed by atoms with van der Waals surface area (Å²) >= 11 is 0. The van der Waals surface area contributed by atoms with Crippen LogP contribution in [0.25, 0.3) is 0 Å². The highest BCUT2D eigenvalue weighted by Crippen LogP contribution is 2.22. The van der Waals surface area contributed by atoms with E-state index in [0.29, 0.717) is 13.1 Å². The number of hydrogen-bond donors (Lipinski definition) is 2. The Bertz CT molecular complexity index is 859. The maximum Gasteiger partial charge on any atom is 0.315 e. The molecule has 3 rings (SSSR count). The molecular weight excluding hydrogens is 352 g/mol. The third kappa shape index (κ3) is 6.16. The van der Waals surface area contributed by atoms with Gasteiger partial charge in [-0.15, -0.1) is 0 Å². The average molecular weight is 378 g/mol. The van der Waals surface area contributed by atoms with Gasteiger partial charge in [-0.25, -0.2) is 9.78 Å². The predicted octanol–water partition coefficient (Wildman–Crippen LogP) is 3.91. The smallest absolute Gasteiger partial charge is 0.315 e. The first-order valence-corrected chi connectivity index (χ1v) is 9.42. The fraction of sp³-hybridized carbons (Fsp3) is 0.273. The lowest BCUT2D eigenvalue weighted by Crippen LogP contribution is -2.43. The van der Waals surface area contributed by atoms with Crippen molar-refractivity contribution >= 4 is 6.03 Å². The van der Waals surface area contributed by atoms with Crippen molar-refractivity contribution in [2.75, 3.05) is 6.54 Å². The van der Waals surface area contributed by atoms with E-state index in [1.54, 1.807) is 12.5 Å². The monoisotopic (exact) mass is 378 g/mol. The van der Waals surface area contributed by atoms with E-state index < -0.39 is 0 Å². The first-order chi connectivity index (χ1) is 13.6. The van der Waals surface area contributed by atoms with E-state index in [2.05, 4.69) is 15.6 Å². The number of hydrogen-bond acceptors (Lipinski definition) is 3. The Balaban J connectivity index is 1.38. The van der Waals surface area contributed by atoms with Crippen LogP contribution in [0.15, 0.2) is 67.3 Å². The predicted molar refractivity (Wildman–Crippen MR) is 110 cm³/mol. The normalized spacial score (nSPS) is 11.6. The summed E-state index contributed by atoms with van der Waals surface area (Å²) in [6.45, 7) is 5.28. The zero-order valence-electron chi connectivity index (χ0n) is 16.3. The summed E-state index contributed by atoms with van der Waals surface area (Å²) in [5.74, 6) is 1.62. The molecule has 0 saturated heterocycles. The molecule has 0 fully saturated rings. The maximum absolute atomic E-state index is 12.0. The van der Waals surface area contributed by atoms with Gasteiger partial charge in [0.1, 0.15) is 11.5 Å². The molecule has 0 spiro atoms. The minimum Gasteiger partial charge on any atom is -0.457 e. The van der Waals surface area contributed by atoms with Gasteiger partial charge < -0.3 is 19.9 Å². The molecular formula is C22H26N4O2. The van der Waals surface area contributed by atoms with Crippen LogP contribution in [0.5, 0.6) is 11.5 Å². The minimum atomic E-state index is -0.160. The third-order valence-corrected chi connectivity index (χ3v) is 4.30. The summed E-state index contributed by atoms with van der Waals surface area (Å²) in [7, 11) is 0. The topological polar surface area (TPSA) is 68.2 Å². The molecule has 3 aromatic rings. The van der Waals surface area contributed by atoms with E-state index >= 15 is 0 Å². The van der Waals surface area contributed by atoms with Gasteiger partial charge in [-0.2, -0.15) is 0 Å². The van der Waals surface area contributed by atoms with Crippen LogP contribution >= 0.6 is 0 Å². The second-order valence-electron chi connectivity index (χ2n) is 6.87. The molecule has 6 nitrogen and oxygen atoms in total. The van der Waals surface area contributed by atoms with Gasteiger partial charge in [0.2, 0.25) is 0 Å². The highest BCUT2D eigenvalue weighted by molar-refractivity contribution is 5.74. The number of aryl methyl sites for hydroxylation is 1. The molecule has 1 unspecified atom stereocenters. The first-order valence-electron chi connectivity index (χ1n) is 9.42. The molecule has 6 heteroatoms. The second-order valence-corrected chi connectivity index (χ2v) is 6.87. The van der Waals surface area contributed by atoms with E-state index in [1.807, 2.05) is 73.1 Å². The van der Waals surface area contributed by atoms with E-state index in [0.717, 1.165) is 23.5 Å². The highest BCUT2D eigenvalue weighted by Gasteiger charge is 2.07. The van der Waals surface area contributed by atoms with Crippen LogP contribution in [0.2, 0.25) is 0 Å². The van der Waals surface area contributed by atoms with Crippen LogP contribution in [0.3, 0.4) is 0 Å². The summed E-state index contributed by atoms with van der Waals surface area (Å²) in [5, 5.41) is 5.82. The molecule has 0 radical (unpaired) electrons. The van der Waals surface area contributed by atoms with Crippen molar-refractivity contribution in [2.45, 2.75) is 32.9 Å². The van der Waals surface area contributed by atoms with Gasteiger partial charge >= 0.3 is 6.03 Å². The number of carbonyl (C=O) groups is 1. The van der Waals surface area contributed by atoms with Gasteiger partial charge in [-0.3, -0.25) is 0 Å². The number of aromatic nitrogens is 2. The molecule has 2 amide bonds. The van der Waals surface area contributed by atoms with Gasteiger partial charge in [-0.1, -0.05) is 29.8 Å². The number of nitrogens with zero attached hydrogens (tertiary/aromatic N) is 2. The van der Waals surface area contributed by atoms with Gasteiger partial charge in [0, 0.05) is 31.5 Å². The van der Waals surface area contributed by atoms with Crippen LogP contribution in [0, 0.1) is 6.92 Å². The average Bonchev–Trinajstić information content (AvgIpc) is 3.18. The van der Waals surface area contributed by atoms with E-state index in [9.17, 15) is 4.79 Å². The standard InChI is InChI=1S/C22H26N4O2/c1-17-3-7-20(8-4-17)28-21-9-5-19(6-10-21)11-12-24-22(27)25-18(2)15-26-14-13-23-16-26/h3-10,13-14,16,18H,11-12,15H2,1-2H3,(H2,24,25,27). The number of rotatable bonds is 8. The Morgan fingerprint density at radius 2 is 1.79 bits per heavy atom. The lowest BCUT2D eigenvalue weighted by atomic mass is 10.1. The SMILES string of the molecule is Cc1ccc(Oc2ccc(CCNC(=O)NC(C)Cn3ccnc3)cc2)cc1. The number of urea groups is 1. The van der Waals surface area contributed by atoms with Crippen molar-refractivity contribution in [3.63, 3.8) is 0 Å². The minimum absolute atomic E-state index is 0.0207. The van der Waals surface area contributed by atoms with Crippen molar-refractivity contribution < 1.29 is 9.53 Å². The number of imidazole rings is 1. The number of nitrogens with one attached hydrogen (secondary N) is 2. The number of carbonyl (C=O) groups excluding carboxylic acids is 1. The van der Waals surface area contributed by atoms with Crippen LogP contribution in [-0.2, 0) is 13.0 Å². The van der Waals surface area contributed by atoms with Crippen molar-refractivity contribution in [3.8, 4) is 11.5 Å². The van der Waals surface area contributed by atoms with Crippen LogP contribution < -0.4 is 15.4 Å². The molecule has 2 N–H and O–H groups in total. The molecule has 2 aromatic carbocycles. The van der Waals surface area contributed by atoms with Crippen LogP contribution in [-0.4, -0.2) is 28.2 Å². The van der Waals surface area contributed by atoms with Crippen LogP contribution in [0.4, 0.5) is 4.79 Å². The zero-order chi connectivity index (χ0) is 19.8. The Morgan fingerprint density at radius 3 is 2.43 bits per heavy atom. The second kappa shape index (κ2) is 9.60. The highest BCUT2D eigenvalue weighted by atomic mass is 16.5. The molecule has 0 aliphatic rings. The van der Waals surface area contributed by atoms with E-state index in [1.165, 1.54) is 5.56 Å². The summed E-state index contributed by atoms with van der Waals surface area (Å²) < 4.78 is 7.77. The summed E-state index contributed by atoms with van der Waals surface area (Å²) in [6, 6.07) is 15.8. The molecule has 0 bridgehead atoms. The maximum atomic E-state index is 12.0. The van der Waals surface area contributed by atoms with Crippen molar-refractivity contribution in [1.29, 1.82) is 0 Å². The summed E-state index contributed by atoms with van der Waals surface area (Å²) in [6.07, 6.45) is 6.10. The summed E-state index contributed by atoms with van der Waals surface area (Å²) in [5.41, 5.74) is 2.35. The van der Waals surface area contributed by atoms with Gasteiger partial charge in [-0.05, 0) is 50.1 Å². The number of ether oxygens (including phenoxy) is 1. The number of amides is 2. The Labute approximate surface area is 165 Å². The van der Waals surface area contributed by atoms with Crippen LogP contribution in [0.1, 0.15) is 18.1 Å². The van der Waals surface area contributed by atoms with Crippen molar-refractivity contribution in [2.24, 2.45) is 0 Å². The molecule has 146 valence electrons. The summed E-state index contributed by atoms with van der Waals surface area (Å²) in [4.78, 5) is 16.0. The largest absolute Gasteiger partial charge is 0.457 e. The van der Waals surface area contributed by atoms with E-state index in [-0.39, 0.29) is 12.1 Å². The number of benzene rings is 2. The zero-order valence-corrected chi connectivity index (χ0v) is 16.3. The Hall–Kier alpha value is -3.28. The van der Waals surface area contributed by atoms with Gasteiger partial charge in [0.15, 0.2) is 0 Å². The quantitative estimate of drug-likeness (QED) is 0.624. The molecule has 1 atom stereocenters. The molecule has 0 aliphatic carbocycles. The Kier molecular flexibility index (Phi) is 6.68. The fourth-order valence-electron chi connectivity index (χ4n) is 2.82. The molecule has 28 heavy (non-hydrogen) atoms. The lowest BCUT2D eigenvalue weighted by molar-refractivity contribution is 0.236. The molecule has 1 heterocycles. The van der Waals surface area contributed by atoms with Crippen molar-refractivity contribution in [3.05, 3.63) is 78.4 Å². The Morgan fingerprint density at radius 1 is 1.11 bits per heavy atom. The van der Waals surface area contributed by atoms with Crippen molar-refractivity contribution in [1.82, 2.24) is 20.2 Å². The van der Waals surface area contributed by atoms with E-state index in [4.69, 9.17) is 4.74 Å². The first kappa shape index (κ1) is 19.5. The third-order valence-electron chi connectivity index (χ3n) is 4.30. The molecule has 0 saturated carbocycles.